The van der Waals surface area contributed by atoms with Crippen molar-refractivity contribution in [2.45, 2.75) is 6.43 Å². The van der Waals surface area contributed by atoms with Gasteiger partial charge < -0.3 is 5.32 Å². The van der Waals surface area contributed by atoms with Crippen molar-refractivity contribution < 1.29 is 8.78 Å². The highest BCUT2D eigenvalue weighted by Crippen LogP contribution is 1.85. The third-order valence-electron chi connectivity index (χ3n) is 0.475. The number of rotatable bonds is 3. The maximum absolute atomic E-state index is 11.1. The van der Waals surface area contributed by atoms with E-state index in [1.807, 2.05) is 0 Å². The van der Waals surface area contributed by atoms with Crippen LogP contribution in [0.3, 0.4) is 0 Å². The van der Waals surface area contributed by atoms with E-state index in [-0.39, 0.29) is 6.54 Å². The number of halogens is 2. The molecule has 0 spiro atoms. The van der Waals surface area contributed by atoms with Gasteiger partial charge in [-0.25, -0.2) is 8.78 Å². The van der Waals surface area contributed by atoms with E-state index in [0.29, 0.717) is 6.54 Å². The van der Waals surface area contributed by atoms with E-state index in [4.69, 9.17) is 0 Å². The lowest BCUT2D eigenvalue weighted by molar-refractivity contribution is 0.147. The van der Waals surface area contributed by atoms with E-state index >= 15 is 0 Å². The molecular formula is C4H8F2N. The minimum absolute atomic E-state index is 0.247. The first kappa shape index (κ1) is 6.82. The van der Waals surface area contributed by atoms with Gasteiger partial charge in [0.15, 0.2) is 0 Å². The zero-order valence-electron chi connectivity index (χ0n) is 3.95. The summed E-state index contributed by atoms with van der Waals surface area (Å²) in [5, 5.41) is 2.39. The molecule has 0 aliphatic heterocycles. The lowest BCUT2D eigenvalue weighted by Gasteiger charge is -1.95. The lowest BCUT2D eigenvalue weighted by atomic mass is 10.6. The van der Waals surface area contributed by atoms with E-state index in [0.717, 1.165) is 0 Å². The molecule has 0 aromatic carbocycles. The summed E-state index contributed by atoms with van der Waals surface area (Å²) in [6.07, 6.45) is -2.25. The molecule has 3 heteroatoms. The fraction of sp³-hybridized carbons (Fsp3) is 0.750. The van der Waals surface area contributed by atoms with Crippen LogP contribution in [0.2, 0.25) is 0 Å². The zero-order valence-corrected chi connectivity index (χ0v) is 3.95. The summed E-state index contributed by atoms with van der Waals surface area (Å²) in [7, 11) is 0. The van der Waals surface area contributed by atoms with Crippen LogP contribution in [-0.2, 0) is 0 Å². The van der Waals surface area contributed by atoms with Crippen LogP contribution in [0.15, 0.2) is 0 Å². The molecule has 0 bridgehead atoms. The van der Waals surface area contributed by atoms with Gasteiger partial charge in [-0.3, -0.25) is 0 Å². The molecule has 1 radical (unpaired) electrons. The van der Waals surface area contributed by atoms with Gasteiger partial charge in [-0.1, -0.05) is 0 Å². The molecular weight excluding hydrogens is 100 g/mol. The Hall–Kier alpha value is -0.180. The van der Waals surface area contributed by atoms with Crippen LogP contribution in [0, 0.1) is 6.92 Å². The van der Waals surface area contributed by atoms with Crippen molar-refractivity contribution in [3.63, 3.8) is 0 Å². The van der Waals surface area contributed by atoms with Crippen LogP contribution in [0.4, 0.5) is 8.78 Å². The highest BCUT2D eigenvalue weighted by Gasteiger charge is 1.96. The molecule has 0 saturated heterocycles. The van der Waals surface area contributed by atoms with E-state index in [1.54, 1.807) is 0 Å². The van der Waals surface area contributed by atoms with Gasteiger partial charge in [-0.2, -0.15) is 0 Å². The molecule has 0 rings (SSSR count). The molecule has 0 aromatic heterocycles. The maximum Gasteiger partial charge on any atom is 0.250 e. The monoisotopic (exact) mass is 108 g/mol. The molecule has 0 heterocycles. The van der Waals surface area contributed by atoms with Crippen LogP contribution in [0.25, 0.3) is 0 Å². The van der Waals surface area contributed by atoms with Gasteiger partial charge in [-0.15, -0.1) is 0 Å². The Bertz CT molecular complexity index is 38.7. The minimum atomic E-state index is -2.25. The number of hydrogen-bond acceptors (Lipinski definition) is 1. The van der Waals surface area contributed by atoms with Crippen LogP contribution in [0.1, 0.15) is 0 Å². The molecule has 43 valence electrons. The molecule has 0 atom stereocenters. The third kappa shape index (κ3) is 5.82. The molecule has 0 unspecified atom stereocenters. The van der Waals surface area contributed by atoms with Crippen molar-refractivity contribution in [3.8, 4) is 0 Å². The SMILES string of the molecule is [CH2]CNCC(F)F. The Morgan fingerprint density at radius 2 is 2.14 bits per heavy atom. The van der Waals surface area contributed by atoms with Gasteiger partial charge in [0, 0.05) is 0 Å². The zero-order chi connectivity index (χ0) is 5.70. The molecule has 0 saturated carbocycles. The molecule has 7 heavy (non-hydrogen) atoms. The Labute approximate surface area is 41.7 Å². The summed E-state index contributed by atoms with van der Waals surface area (Å²) >= 11 is 0. The standard InChI is InChI=1S/C4H8F2N/c1-2-7-3-4(5)6/h4,7H,1-3H2. The van der Waals surface area contributed by atoms with Gasteiger partial charge in [0.25, 0.3) is 6.43 Å². The molecule has 0 aliphatic rings. The molecule has 0 aromatic rings. The summed E-state index contributed by atoms with van der Waals surface area (Å²) in [5.74, 6) is 0. The lowest BCUT2D eigenvalue weighted by Crippen LogP contribution is -2.20. The van der Waals surface area contributed by atoms with Gasteiger partial charge >= 0.3 is 0 Å². The summed E-state index contributed by atoms with van der Waals surface area (Å²) in [6, 6.07) is 0. The first-order valence-corrected chi connectivity index (χ1v) is 2.05. The van der Waals surface area contributed by atoms with Crippen molar-refractivity contribution >= 4 is 0 Å². The van der Waals surface area contributed by atoms with E-state index in [1.165, 1.54) is 0 Å². The van der Waals surface area contributed by atoms with Gasteiger partial charge in [0.05, 0.1) is 6.54 Å². The quantitative estimate of drug-likeness (QED) is 0.560. The van der Waals surface area contributed by atoms with Crippen molar-refractivity contribution in [2.24, 2.45) is 0 Å². The van der Waals surface area contributed by atoms with Crippen LogP contribution in [-0.4, -0.2) is 19.5 Å². The predicted molar refractivity (Wildman–Crippen MR) is 24.2 cm³/mol. The second-order valence-electron chi connectivity index (χ2n) is 1.10. The second kappa shape index (κ2) is 3.99. The first-order valence-electron chi connectivity index (χ1n) is 2.05. The average molecular weight is 108 g/mol. The molecule has 0 fully saturated rings. The third-order valence-corrected chi connectivity index (χ3v) is 0.475. The van der Waals surface area contributed by atoms with Crippen LogP contribution < -0.4 is 5.32 Å². The average Bonchev–Trinajstić information content (AvgIpc) is 1.61. The molecule has 1 N–H and O–H groups in total. The topological polar surface area (TPSA) is 12.0 Å². The van der Waals surface area contributed by atoms with Gasteiger partial charge in [0.1, 0.15) is 0 Å². The Kier molecular flexibility index (Phi) is 3.89. The Balaban J connectivity index is 2.68. The van der Waals surface area contributed by atoms with E-state index in [2.05, 4.69) is 12.2 Å². The number of hydrogen-bond donors (Lipinski definition) is 1. The second-order valence-corrected chi connectivity index (χ2v) is 1.10. The predicted octanol–water partition coefficient (Wildman–Crippen LogP) is 0.675. The van der Waals surface area contributed by atoms with Crippen molar-refractivity contribution in [2.75, 3.05) is 13.1 Å². The Morgan fingerprint density at radius 1 is 1.57 bits per heavy atom. The normalized spacial score (nSPS) is 10.3. The number of alkyl halides is 2. The molecule has 0 aliphatic carbocycles. The molecule has 0 amide bonds. The highest BCUT2D eigenvalue weighted by molar-refractivity contribution is 4.47. The highest BCUT2D eigenvalue weighted by atomic mass is 19.3. The van der Waals surface area contributed by atoms with Gasteiger partial charge in [-0.05, 0) is 13.5 Å². The van der Waals surface area contributed by atoms with Gasteiger partial charge in [0.2, 0.25) is 0 Å². The minimum Gasteiger partial charge on any atom is -0.311 e. The molecule has 1 nitrogen and oxygen atoms in total. The van der Waals surface area contributed by atoms with Crippen molar-refractivity contribution in [1.82, 2.24) is 5.32 Å². The van der Waals surface area contributed by atoms with E-state index < -0.39 is 6.43 Å². The smallest absolute Gasteiger partial charge is 0.250 e. The number of nitrogens with one attached hydrogen (secondary N) is 1. The van der Waals surface area contributed by atoms with Crippen molar-refractivity contribution in [3.05, 3.63) is 6.92 Å². The fourth-order valence-electron chi connectivity index (χ4n) is 0.211. The summed E-state index contributed by atoms with van der Waals surface area (Å²) < 4.78 is 22.3. The fourth-order valence-corrected chi connectivity index (χ4v) is 0.211. The summed E-state index contributed by atoms with van der Waals surface area (Å²) in [6.45, 7) is 3.43. The van der Waals surface area contributed by atoms with Crippen LogP contribution in [0.5, 0.6) is 0 Å². The largest absolute Gasteiger partial charge is 0.311 e. The summed E-state index contributed by atoms with van der Waals surface area (Å²) in [4.78, 5) is 0. The van der Waals surface area contributed by atoms with Crippen molar-refractivity contribution in [1.29, 1.82) is 0 Å². The first-order chi connectivity index (χ1) is 3.27. The van der Waals surface area contributed by atoms with E-state index in [9.17, 15) is 8.78 Å². The van der Waals surface area contributed by atoms with Crippen LogP contribution >= 0.6 is 0 Å². The maximum atomic E-state index is 11.1. The summed E-state index contributed by atoms with van der Waals surface area (Å²) in [5.41, 5.74) is 0. The Morgan fingerprint density at radius 3 is 2.29 bits per heavy atom.